The molecule has 0 radical (unpaired) electrons. The van der Waals surface area contributed by atoms with Gasteiger partial charge in [-0.25, -0.2) is 0 Å². The predicted molar refractivity (Wildman–Crippen MR) is 113 cm³/mol. The Labute approximate surface area is 168 Å². The highest BCUT2D eigenvalue weighted by molar-refractivity contribution is 7.99. The fraction of sp³-hybridized carbons (Fsp3) is 0.227. The molecule has 0 bridgehead atoms. The highest BCUT2D eigenvalue weighted by atomic mass is 35.5. The van der Waals surface area contributed by atoms with E-state index < -0.39 is 0 Å². The SMILES string of the molecule is CCOc1ccc2ccccc2c1C(=O)N1CCSC1c1ccc(Cl)cc1. The summed E-state index contributed by atoms with van der Waals surface area (Å²) in [4.78, 5) is 15.6. The van der Waals surface area contributed by atoms with E-state index in [2.05, 4.69) is 0 Å². The summed E-state index contributed by atoms with van der Waals surface area (Å²) < 4.78 is 5.81. The third kappa shape index (κ3) is 3.52. The fourth-order valence-corrected chi connectivity index (χ4v) is 4.86. The summed E-state index contributed by atoms with van der Waals surface area (Å²) in [6.07, 6.45) is 0. The Morgan fingerprint density at radius 1 is 1.15 bits per heavy atom. The minimum absolute atomic E-state index is 0.0109. The van der Waals surface area contributed by atoms with Gasteiger partial charge in [-0.15, -0.1) is 11.8 Å². The molecule has 1 fully saturated rings. The number of hydrogen-bond donors (Lipinski definition) is 0. The van der Waals surface area contributed by atoms with Gasteiger partial charge in [0.25, 0.3) is 5.91 Å². The molecule has 0 aliphatic carbocycles. The van der Waals surface area contributed by atoms with Crippen molar-refractivity contribution in [1.29, 1.82) is 0 Å². The van der Waals surface area contributed by atoms with Gasteiger partial charge in [0.05, 0.1) is 12.2 Å². The number of amides is 1. The molecule has 1 unspecified atom stereocenters. The van der Waals surface area contributed by atoms with E-state index in [1.807, 2.05) is 72.5 Å². The van der Waals surface area contributed by atoms with Crippen molar-refractivity contribution in [3.05, 3.63) is 76.8 Å². The zero-order chi connectivity index (χ0) is 18.8. The number of halogens is 1. The molecule has 0 N–H and O–H groups in total. The molecule has 0 saturated carbocycles. The van der Waals surface area contributed by atoms with Crippen molar-refractivity contribution in [3.63, 3.8) is 0 Å². The smallest absolute Gasteiger partial charge is 0.259 e. The van der Waals surface area contributed by atoms with Crippen molar-refractivity contribution in [2.24, 2.45) is 0 Å². The topological polar surface area (TPSA) is 29.5 Å². The molecule has 1 heterocycles. The standard InChI is InChI=1S/C22H20ClNO2S/c1-2-26-19-12-9-15-5-3-4-6-18(15)20(19)21(25)24-13-14-27-22(24)16-7-10-17(23)11-8-16/h3-12,22H,2,13-14H2,1H3. The van der Waals surface area contributed by atoms with E-state index in [4.69, 9.17) is 16.3 Å². The maximum atomic E-state index is 13.6. The van der Waals surface area contributed by atoms with E-state index >= 15 is 0 Å². The van der Waals surface area contributed by atoms with Crippen molar-refractivity contribution in [2.75, 3.05) is 18.9 Å². The Hall–Kier alpha value is -2.17. The van der Waals surface area contributed by atoms with E-state index in [1.54, 1.807) is 11.8 Å². The molecule has 3 aromatic carbocycles. The molecule has 0 spiro atoms. The Morgan fingerprint density at radius 2 is 1.93 bits per heavy atom. The van der Waals surface area contributed by atoms with Crippen molar-refractivity contribution >= 4 is 40.0 Å². The number of hydrogen-bond acceptors (Lipinski definition) is 3. The lowest BCUT2D eigenvalue weighted by molar-refractivity contribution is 0.0758. The van der Waals surface area contributed by atoms with Crippen LogP contribution < -0.4 is 4.74 Å². The van der Waals surface area contributed by atoms with Gasteiger partial charge in [0, 0.05) is 17.3 Å². The average molecular weight is 398 g/mol. The van der Waals surface area contributed by atoms with Crippen molar-refractivity contribution in [3.8, 4) is 5.75 Å². The van der Waals surface area contributed by atoms with Crippen LogP contribution in [0, 0.1) is 0 Å². The molecule has 1 amide bonds. The van der Waals surface area contributed by atoms with Crippen LogP contribution in [0.3, 0.4) is 0 Å². The first-order valence-corrected chi connectivity index (χ1v) is 10.4. The van der Waals surface area contributed by atoms with Crippen LogP contribution in [0.5, 0.6) is 5.75 Å². The Bertz CT molecular complexity index is 974. The van der Waals surface area contributed by atoms with E-state index in [1.165, 1.54) is 0 Å². The zero-order valence-corrected chi connectivity index (χ0v) is 16.6. The normalized spacial score (nSPS) is 16.7. The van der Waals surface area contributed by atoms with Crippen LogP contribution in [0.25, 0.3) is 10.8 Å². The molecule has 138 valence electrons. The van der Waals surface area contributed by atoms with Crippen LogP contribution in [-0.2, 0) is 0 Å². The summed E-state index contributed by atoms with van der Waals surface area (Å²) in [6, 6.07) is 19.6. The number of carbonyl (C=O) groups is 1. The van der Waals surface area contributed by atoms with Crippen molar-refractivity contribution < 1.29 is 9.53 Å². The third-order valence-electron chi connectivity index (χ3n) is 4.71. The zero-order valence-electron chi connectivity index (χ0n) is 15.0. The maximum absolute atomic E-state index is 13.6. The molecule has 27 heavy (non-hydrogen) atoms. The van der Waals surface area contributed by atoms with Gasteiger partial charge < -0.3 is 9.64 Å². The largest absolute Gasteiger partial charge is 0.493 e. The molecule has 3 nitrogen and oxygen atoms in total. The lowest BCUT2D eigenvalue weighted by Gasteiger charge is -2.26. The summed E-state index contributed by atoms with van der Waals surface area (Å²) in [7, 11) is 0. The minimum Gasteiger partial charge on any atom is -0.493 e. The van der Waals surface area contributed by atoms with E-state index in [0.29, 0.717) is 29.5 Å². The minimum atomic E-state index is -0.0109. The average Bonchev–Trinajstić information content (AvgIpc) is 3.18. The van der Waals surface area contributed by atoms with Gasteiger partial charge in [-0.1, -0.05) is 54.1 Å². The van der Waals surface area contributed by atoms with Gasteiger partial charge in [0.15, 0.2) is 0 Å². The van der Waals surface area contributed by atoms with Gasteiger partial charge in [-0.3, -0.25) is 4.79 Å². The van der Waals surface area contributed by atoms with Gasteiger partial charge >= 0.3 is 0 Å². The molecule has 1 saturated heterocycles. The monoisotopic (exact) mass is 397 g/mol. The molecule has 1 aliphatic rings. The van der Waals surface area contributed by atoms with Crippen molar-refractivity contribution in [1.82, 2.24) is 4.90 Å². The summed E-state index contributed by atoms with van der Waals surface area (Å²) >= 11 is 7.81. The maximum Gasteiger partial charge on any atom is 0.259 e. The molecular weight excluding hydrogens is 378 g/mol. The lowest BCUT2D eigenvalue weighted by atomic mass is 10.0. The summed E-state index contributed by atoms with van der Waals surface area (Å²) in [5.41, 5.74) is 1.74. The van der Waals surface area contributed by atoms with Crippen molar-refractivity contribution in [2.45, 2.75) is 12.3 Å². The van der Waals surface area contributed by atoms with Crippen LogP contribution >= 0.6 is 23.4 Å². The Kier molecular flexibility index (Phi) is 5.28. The van der Waals surface area contributed by atoms with Crippen LogP contribution in [0.15, 0.2) is 60.7 Å². The number of ether oxygens (including phenoxy) is 1. The summed E-state index contributed by atoms with van der Waals surface area (Å²) in [6.45, 7) is 3.17. The predicted octanol–water partition coefficient (Wildman–Crippen LogP) is 5.78. The first-order chi connectivity index (χ1) is 13.2. The Balaban J connectivity index is 1.77. The Morgan fingerprint density at radius 3 is 2.70 bits per heavy atom. The molecular formula is C22H20ClNO2S. The van der Waals surface area contributed by atoms with E-state index in [9.17, 15) is 4.79 Å². The molecule has 1 atom stereocenters. The molecule has 1 aliphatic heterocycles. The van der Waals surface area contributed by atoms with Crippen LogP contribution in [0.2, 0.25) is 5.02 Å². The second-order valence-corrected chi connectivity index (χ2v) is 7.99. The molecule has 0 aromatic heterocycles. The highest BCUT2D eigenvalue weighted by Crippen LogP contribution is 2.41. The number of carbonyl (C=O) groups excluding carboxylic acids is 1. The van der Waals surface area contributed by atoms with Crippen LogP contribution in [-0.4, -0.2) is 29.7 Å². The quantitative estimate of drug-likeness (QED) is 0.558. The van der Waals surface area contributed by atoms with Crippen LogP contribution in [0.4, 0.5) is 0 Å². The first kappa shape index (κ1) is 18.2. The van der Waals surface area contributed by atoms with E-state index in [0.717, 1.165) is 22.1 Å². The molecule has 5 heteroatoms. The number of nitrogens with zero attached hydrogens (tertiary/aromatic N) is 1. The number of rotatable bonds is 4. The van der Waals surface area contributed by atoms with Gasteiger partial charge in [0.1, 0.15) is 11.1 Å². The number of fused-ring (bicyclic) bond motifs is 1. The fourth-order valence-electron chi connectivity index (χ4n) is 3.47. The lowest BCUT2D eigenvalue weighted by Crippen LogP contribution is -2.31. The molecule has 4 rings (SSSR count). The van der Waals surface area contributed by atoms with Gasteiger partial charge in [0.2, 0.25) is 0 Å². The number of thioether (sulfide) groups is 1. The molecule has 3 aromatic rings. The summed E-state index contributed by atoms with van der Waals surface area (Å²) in [5.74, 6) is 1.57. The second kappa shape index (κ2) is 7.83. The second-order valence-electron chi connectivity index (χ2n) is 6.37. The summed E-state index contributed by atoms with van der Waals surface area (Å²) in [5, 5.41) is 2.66. The third-order valence-corrected chi connectivity index (χ3v) is 6.22. The van der Waals surface area contributed by atoms with Gasteiger partial charge in [-0.05, 0) is 41.5 Å². The van der Waals surface area contributed by atoms with Gasteiger partial charge in [-0.2, -0.15) is 0 Å². The van der Waals surface area contributed by atoms with Crippen LogP contribution in [0.1, 0.15) is 28.2 Å². The highest BCUT2D eigenvalue weighted by Gasteiger charge is 2.33. The first-order valence-electron chi connectivity index (χ1n) is 9.01. The number of benzene rings is 3. The van der Waals surface area contributed by atoms with E-state index in [-0.39, 0.29) is 11.3 Å².